The quantitative estimate of drug-likeness (QED) is 0.587. The van der Waals surface area contributed by atoms with Gasteiger partial charge in [-0.05, 0) is 19.3 Å². The average molecular weight is 173 g/mol. The van der Waals surface area contributed by atoms with E-state index in [9.17, 15) is 8.42 Å². The van der Waals surface area contributed by atoms with E-state index >= 15 is 0 Å². The fourth-order valence-corrected chi connectivity index (χ4v) is 2.59. The SMILES string of the molecule is CS(=O)(=O)C1CCC(C#N)C1. The zero-order valence-electron chi connectivity index (χ0n) is 6.45. The average Bonchev–Trinajstić information content (AvgIpc) is 2.32. The van der Waals surface area contributed by atoms with Gasteiger partial charge in [-0.1, -0.05) is 0 Å². The molecule has 0 bridgehead atoms. The molecule has 2 unspecified atom stereocenters. The van der Waals surface area contributed by atoms with Crippen molar-refractivity contribution >= 4 is 9.84 Å². The maximum absolute atomic E-state index is 11.0. The summed E-state index contributed by atoms with van der Waals surface area (Å²) < 4.78 is 22.0. The van der Waals surface area contributed by atoms with Gasteiger partial charge in [-0.25, -0.2) is 8.42 Å². The standard InChI is InChI=1S/C7H11NO2S/c1-11(9,10)7-3-2-6(4-7)5-8/h6-7H,2-4H2,1H3. The fraction of sp³-hybridized carbons (Fsp3) is 0.857. The van der Waals surface area contributed by atoms with E-state index in [4.69, 9.17) is 5.26 Å². The first-order valence-corrected chi connectivity index (χ1v) is 5.58. The minimum atomic E-state index is -2.90. The first kappa shape index (κ1) is 8.54. The molecule has 0 aromatic rings. The zero-order valence-corrected chi connectivity index (χ0v) is 7.26. The largest absolute Gasteiger partial charge is 0.229 e. The number of hydrogen-bond acceptors (Lipinski definition) is 3. The van der Waals surface area contributed by atoms with Crippen LogP contribution in [0.5, 0.6) is 0 Å². The van der Waals surface area contributed by atoms with Crippen molar-refractivity contribution in [1.29, 1.82) is 5.26 Å². The lowest BCUT2D eigenvalue weighted by Gasteiger charge is -2.03. The summed E-state index contributed by atoms with van der Waals surface area (Å²) in [7, 11) is -2.90. The highest BCUT2D eigenvalue weighted by Gasteiger charge is 2.31. The van der Waals surface area contributed by atoms with Gasteiger partial charge in [0.15, 0.2) is 0 Å². The second-order valence-corrected chi connectivity index (χ2v) is 5.42. The van der Waals surface area contributed by atoms with E-state index < -0.39 is 9.84 Å². The van der Waals surface area contributed by atoms with Crippen molar-refractivity contribution in [3.05, 3.63) is 0 Å². The molecule has 4 heteroatoms. The van der Waals surface area contributed by atoms with Crippen LogP contribution in [0.15, 0.2) is 0 Å². The number of nitriles is 1. The van der Waals surface area contributed by atoms with Crippen LogP contribution in [0.1, 0.15) is 19.3 Å². The zero-order chi connectivity index (χ0) is 8.48. The molecule has 1 saturated carbocycles. The van der Waals surface area contributed by atoms with E-state index in [0.29, 0.717) is 12.8 Å². The fourth-order valence-electron chi connectivity index (χ4n) is 1.45. The molecular weight excluding hydrogens is 162 g/mol. The maximum atomic E-state index is 11.0. The molecule has 0 amide bonds. The highest BCUT2D eigenvalue weighted by Crippen LogP contribution is 2.29. The van der Waals surface area contributed by atoms with Crippen LogP contribution in [-0.4, -0.2) is 19.9 Å². The van der Waals surface area contributed by atoms with Crippen LogP contribution in [0.3, 0.4) is 0 Å². The summed E-state index contributed by atoms with van der Waals surface area (Å²) in [6.07, 6.45) is 3.19. The topological polar surface area (TPSA) is 57.9 Å². The van der Waals surface area contributed by atoms with Gasteiger partial charge in [-0.3, -0.25) is 0 Å². The van der Waals surface area contributed by atoms with Crippen molar-refractivity contribution in [1.82, 2.24) is 0 Å². The molecule has 11 heavy (non-hydrogen) atoms. The van der Waals surface area contributed by atoms with Crippen molar-refractivity contribution in [2.75, 3.05) is 6.26 Å². The molecule has 0 spiro atoms. The summed E-state index contributed by atoms with van der Waals surface area (Å²) in [4.78, 5) is 0. The Morgan fingerprint density at radius 3 is 2.36 bits per heavy atom. The van der Waals surface area contributed by atoms with Crippen LogP contribution in [0.4, 0.5) is 0 Å². The Hall–Kier alpha value is -0.560. The molecule has 62 valence electrons. The third-order valence-electron chi connectivity index (χ3n) is 2.17. The van der Waals surface area contributed by atoms with Crippen molar-refractivity contribution in [2.45, 2.75) is 24.5 Å². The van der Waals surface area contributed by atoms with Crippen molar-refractivity contribution in [3.8, 4) is 6.07 Å². The summed E-state index contributed by atoms with van der Waals surface area (Å²) in [6.45, 7) is 0. The Kier molecular flexibility index (Phi) is 2.19. The summed E-state index contributed by atoms with van der Waals surface area (Å²) in [5.74, 6) is -0.0327. The van der Waals surface area contributed by atoms with Gasteiger partial charge in [-0.15, -0.1) is 0 Å². The van der Waals surface area contributed by atoms with Crippen molar-refractivity contribution in [3.63, 3.8) is 0 Å². The highest BCUT2D eigenvalue weighted by atomic mass is 32.2. The molecule has 0 heterocycles. The van der Waals surface area contributed by atoms with Crippen LogP contribution in [0.25, 0.3) is 0 Å². The van der Waals surface area contributed by atoms with E-state index in [2.05, 4.69) is 6.07 Å². The predicted molar refractivity (Wildman–Crippen MR) is 41.6 cm³/mol. The summed E-state index contributed by atoms with van der Waals surface area (Å²) in [5.41, 5.74) is 0. The van der Waals surface area contributed by atoms with Gasteiger partial charge in [0.2, 0.25) is 0 Å². The number of rotatable bonds is 1. The first-order chi connectivity index (χ1) is 5.04. The predicted octanol–water partition coefficient (Wildman–Crippen LogP) is 0.723. The molecular formula is C7H11NO2S. The Balaban J connectivity index is 2.64. The summed E-state index contributed by atoms with van der Waals surface area (Å²) in [5, 5.41) is 8.25. The summed E-state index contributed by atoms with van der Waals surface area (Å²) in [6, 6.07) is 2.10. The van der Waals surface area contributed by atoms with E-state index in [1.807, 2.05) is 0 Å². The van der Waals surface area contributed by atoms with Gasteiger partial charge in [0.25, 0.3) is 0 Å². The lowest BCUT2D eigenvalue weighted by molar-refractivity contribution is 0.584. The number of sulfone groups is 1. The highest BCUT2D eigenvalue weighted by molar-refractivity contribution is 7.91. The van der Waals surface area contributed by atoms with Crippen LogP contribution in [0, 0.1) is 17.2 Å². The van der Waals surface area contributed by atoms with E-state index in [0.717, 1.165) is 6.42 Å². The van der Waals surface area contributed by atoms with Gasteiger partial charge >= 0.3 is 0 Å². The normalized spacial score (nSPS) is 31.6. The smallest absolute Gasteiger partial charge is 0.150 e. The lowest BCUT2D eigenvalue weighted by Crippen LogP contribution is -2.15. The van der Waals surface area contributed by atoms with Gasteiger partial charge < -0.3 is 0 Å². The Bertz CT molecular complexity index is 275. The molecule has 0 N–H and O–H groups in total. The van der Waals surface area contributed by atoms with E-state index in [-0.39, 0.29) is 11.2 Å². The lowest BCUT2D eigenvalue weighted by atomic mass is 10.1. The van der Waals surface area contributed by atoms with E-state index in [1.165, 1.54) is 6.26 Å². The molecule has 1 fully saturated rings. The molecule has 0 radical (unpaired) electrons. The molecule has 1 aliphatic carbocycles. The summed E-state index contributed by atoms with van der Waals surface area (Å²) >= 11 is 0. The van der Waals surface area contributed by atoms with Crippen LogP contribution in [0.2, 0.25) is 0 Å². The Labute approximate surface area is 66.9 Å². The van der Waals surface area contributed by atoms with Gasteiger partial charge in [0, 0.05) is 12.2 Å². The molecule has 0 aromatic carbocycles. The molecule has 0 saturated heterocycles. The third-order valence-corrected chi connectivity index (χ3v) is 3.81. The Morgan fingerprint density at radius 2 is 2.09 bits per heavy atom. The molecule has 0 aliphatic heterocycles. The minimum absolute atomic E-state index is 0.0327. The second-order valence-electron chi connectivity index (χ2n) is 3.09. The van der Waals surface area contributed by atoms with Crippen LogP contribution >= 0.6 is 0 Å². The molecule has 1 aliphatic rings. The van der Waals surface area contributed by atoms with Crippen molar-refractivity contribution < 1.29 is 8.42 Å². The third kappa shape index (κ3) is 1.93. The van der Waals surface area contributed by atoms with E-state index in [1.54, 1.807) is 0 Å². The molecule has 2 atom stereocenters. The molecule has 3 nitrogen and oxygen atoms in total. The van der Waals surface area contributed by atoms with Crippen LogP contribution < -0.4 is 0 Å². The minimum Gasteiger partial charge on any atom is -0.229 e. The monoisotopic (exact) mass is 173 g/mol. The molecule has 1 rings (SSSR count). The van der Waals surface area contributed by atoms with Gasteiger partial charge in [-0.2, -0.15) is 5.26 Å². The number of nitrogens with zero attached hydrogens (tertiary/aromatic N) is 1. The molecule has 0 aromatic heterocycles. The van der Waals surface area contributed by atoms with Gasteiger partial charge in [0.1, 0.15) is 9.84 Å². The second kappa shape index (κ2) is 2.82. The van der Waals surface area contributed by atoms with Crippen LogP contribution in [-0.2, 0) is 9.84 Å². The first-order valence-electron chi connectivity index (χ1n) is 3.62. The maximum Gasteiger partial charge on any atom is 0.150 e. The van der Waals surface area contributed by atoms with Crippen molar-refractivity contribution in [2.24, 2.45) is 5.92 Å². The van der Waals surface area contributed by atoms with Gasteiger partial charge in [0.05, 0.1) is 11.3 Å². The Morgan fingerprint density at radius 1 is 1.45 bits per heavy atom. The number of hydrogen-bond donors (Lipinski definition) is 0.